The molecule has 2 aromatic carbocycles. The number of rotatable bonds is 3. The van der Waals surface area contributed by atoms with Crippen LogP contribution in [0.25, 0.3) is 11.1 Å². The number of nitrogens with zero attached hydrogens (tertiary/aromatic N) is 2. The first kappa shape index (κ1) is 16.1. The fourth-order valence-electron chi connectivity index (χ4n) is 4.31. The molecule has 1 unspecified atom stereocenters. The van der Waals surface area contributed by atoms with Crippen LogP contribution < -0.4 is 10.2 Å². The van der Waals surface area contributed by atoms with Crippen LogP contribution in [-0.4, -0.2) is 39.9 Å². The van der Waals surface area contributed by atoms with Gasteiger partial charge < -0.3 is 15.3 Å². The van der Waals surface area contributed by atoms with E-state index in [1.807, 2.05) is 54.7 Å². The highest BCUT2D eigenvalue weighted by Crippen LogP contribution is 2.43. The molecule has 2 aliphatic rings. The average molecular weight is 360 g/mol. The molecule has 1 spiro atoms. The third-order valence-corrected chi connectivity index (χ3v) is 5.80. The van der Waals surface area contributed by atoms with Gasteiger partial charge in [0.25, 0.3) is 5.91 Å². The minimum absolute atomic E-state index is 0.0220. The Morgan fingerprint density at radius 2 is 1.96 bits per heavy atom. The Morgan fingerprint density at radius 1 is 1.15 bits per heavy atom. The molecule has 0 saturated carbocycles. The third-order valence-electron chi connectivity index (χ3n) is 5.80. The number of amides is 1. The molecule has 1 aromatic heterocycles. The molecular weight excluding hydrogens is 340 g/mol. The van der Waals surface area contributed by atoms with E-state index in [-0.39, 0.29) is 18.4 Å². The fourth-order valence-corrected chi connectivity index (χ4v) is 4.31. The first-order valence-electron chi connectivity index (χ1n) is 9.09. The lowest BCUT2D eigenvalue weighted by Crippen LogP contribution is -2.50. The molecule has 2 atom stereocenters. The van der Waals surface area contributed by atoms with Crippen molar-refractivity contribution >= 4 is 17.3 Å². The summed E-state index contributed by atoms with van der Waals surface area (Å²) in [5, 5.41) is 20.2. The molecule has 1 amide bonds. The minimum atomic E-state index is -0.762. The van der Waals surface area contributed by atoms with Crippen molar-refractivity contribution in [1.82, 2.24) is 10.2 Å². The van der Waals surface area contributed by atoms with Crippen molar-refractivity contribution < 1.29 is 9.90 Å². The van der Waals surface area contributed by atoms with E-state index in [1.54, 1.807) is 11.1 Å². The number of aromatic nitrogens is 2. The molecule has 5 rings (SSSR count). The minimum Gasteiger partial charge on any atom is -0.396 e. The van der Waals surface area contributed by atoms with Crippen LogP contribution >= 0.6 is 0 Å². The molecule has 6 heteroatoms. The average Bonchev–Trinajstić information content (AvgIpc) is 3.42. The van der Waals surface area contributed by atoms with Gasteiger partial charge in [-0.25, -0.2) is 0 Å². The van der Waals surface area contributed by atoms with Crippen molar-refractivity contribution in [3.8, 4) is 11.1 Å². The Kier molecular flexibility index (Phi) is 3.55. The highest BCUT2D eigenvalue weighted by Gasteiger charge is 2.56. The van der Waals surface area contributed by atoms with Crippen LogP contribution in [0, 0.1) is 5.92 Å². The zero-order valence-corrected chi connectivity index (χ0v) is 14.7. The summed E-state index contributed by atoms with van der Waals surface area (Å²) < 4.78 is 0. The second kappa shape index (κ2) is 5.96. The number of fused-ring (bicyclic) bond motifs is 1. The Balaban J connectivity index is 1.46. The van der Waals surface area contributed by atoms with Gasteiger partial charge in [0.2, 0.25) is 0 Å². The molecule has 2 aliphatic heterocycles. The molecule has 0 radical (unpaired) electrons. The van der Waals surface area contributed by atoms with Gasteiger partial charge >= 0.3 is 0 Å². The molecule has 27 heavy (non-hydrogen) atoms. The number of aliphatic hydroxyl groups is 1. The van der Waals surface area contributed by atoms with Crippen LogP contribution in [0.15, 0.2) is 60.9 Å². The van der Waals surface area contributed by atoms with Crippen molar-refractivity contribution in [2.75, 3.05) is 23.4 Å². The van der Waals surface area contributed by atoms with Gasteiger partial charge in [-0.15, -0.1) is 0 Å². The summed E-state index contributed by atoms with van der Waals surface area (Å²) in [5.41, 5.74) is 4.25. The van der Waals surface area contributed by atoms with E-state index in [2.05, 4.69) is 15.5 Å². The van der Waals surface area contributed by atoms with Gasteiger partial charge in [0.1, 0.15) is 5.54 Å². The number of benzene rings is 2. The van der Waals surface area contributed by atoms with E-state index < -0.39 is 5.54 Å². The van der Waals surface area contributed by atoms with Crippen molar-refractivity contribution in [3.63, 3.8) is 0 Å². The van der Waals surface area contributed by atoms with Gasteiger partial charge in [0.05, 0.1) is 12.8 Å². The van der Waals surface area contributed by atoms with Gasteiger partial charge in [-0.3, -0.25) is 9.89 Å². The van der Waals surface area contributed by atoms with Crippen molar-refractivity contribution in [2.45, 2.75) is 12.0 Å². The first-order chi connectivity index (χ1) is 13.2. The smallest absolute Gasteiger partial charge is 0.253 e. The number of hydrogen-bond acceptors (Lipinski definition) is 4. The topological polar surface area (TPSA) is 81.2 Å². The summed E-state index contributed by atoms with van der Waals surface area (Å²) in [6, 6.07) is 15.9. The van der Waals surface area contributed by atoms with E-state index in [9.17, 15) is 9.90 Å². The lowest BCUT2D eigenvalue weighted by atomic mass is 9.84. The monoisotopic (exact) mass is 360 g/mol. The summed E-state index contributed by atoms with van der Waals surface area (Å²) in [7, 11) is 0. The molecular formula is C21H20N4O2. The second-order valence-corrected chi connectivity index (χ2v) is 7.26. The Hall–Kier alpha value is -3.12. The van der Waals surface area contributed by atoms with Crippen LogP contribution in [0.5, 0.6) is 0 Å². The second-order valence-electron chi connectivity index (χ2n) is 7.26. The number of anilines is 2. The zero-order chi connectivity index (χ0) is 18.4. The molecule has 3 aromatic rings. The molecule has 3 heterocycles. The number of carbonyl (C=O) groups is 1. The van der Waals surface area contributed by atoms with Crippen LogP contribution in [0.2, 0.25) is 0 Å². The number of para-hydroxylation sites is 1. The number of nitrogens with one attached hydrogen (secondary N) is 2. The highest BCUT2D eigenvalue weighted by molar-refractivity contribution is 6.06. The van der Waals surface area contributed by atoms with Gasteiger partial charge in [-0.1, -0.05) is 30.3 Å². The number of aromatic amines is 1. The fraction of sp³-hybridized carbons (Fsp3) is 0.238. The van der Waals surface area contributed by atoms with Gasteiger partial charge in [0, 0.05) is 42.0 Å². The maximum atomic E-state index is 13.4. The summed E-state index contributed by atoms with van der Waals surface area (Å²) in [6.45, 7) is 0.470. The first-order valence-corrected chi connectivity index (χ1v) is 9.09. The van der Waals surface area contributed by atoms with E-state index in [1.165, 1.54) is 0 Å². The van der Waals surface area contributed by atoms with Gasteiger partial charge in [-0.2, -0.15) is 5.10 Å². The Labute approximate surface area is 156 Å². The Bertz CT molecular complexity index is 957. The summed E-state index contributed by atoms with van der Waals surface area (Å²) >= 11 is 0. The standard InChI is InChI=1S/C21H20N4O2/c26-13-17-12-25(18-7-5-14(6-8-18)16-10-22-23-11-16)20(27)21(17)9-15-3-1-2-4-19(15)24-21/h1-8,10-11,17,24,26H,9,12-13H2,(H,22,23)/t17?,21-/m1/s1. The van der Waals surface area contributed by atoms with E-state index in [0.29, 0.717) is 13.0 Å². The van der Waals surface area contributed by atoms with Crippen molar-refractivity contribution in [1.29, 1.82) is 0 Å². The maximum Gasteiger partial charge on any atom is 0.253 e. The van der Waals surface area contributed by atoms with Gasteiger partial charge in [0.15, 0.2) is 0 Å². The quantitative estimate of drug-likeness (QED) is 0.670. The van der Waals surface area contributed by atoms with Crippen LogP contribution in [-0.2, 0) is 11.2 Å². The molecule has 136 valence electrons. The molecule has 0 bridgehead atoms. The molecule has 6 nitrogen and oxygen atoms in total. The van der Waals surface area contributed by atoms with Crippen LogP contribution in [0.3, 0.4) is 0 Å². The summed E-state index contributed by atoms with van der Waals surface area (Å²) in [6.07, 6.45) is 4.22. The number of aliphatic hydroxyl groups excluding tert-OH is 1. The largest absolute Gasteiger partial charge is 0.396 e. The maximum absolute atomic E-state index is 13.4. The molecule has 3 N–H and O–H groups in total. The number of H-pyrrole nitrogens is 1. The summed E-state index contributed by atoms with van der Waals surface area (Å²) in [4.78, 5) is 15.2. The Morgan fingerprint density at radius 3 is 2.67 bits per heavy atom. The molecule has 0 aliphatic carbocycles. The highest BCUT2D eigenvalue weighted by atomic mass is 16.3. The SMILES string of the molecule is O=C1N(c2ccc(-c3cn[nH]c3)cc2)CC(CO)[C@]12Cc1ccccc1N2. The van der Waals surface area contributed by atoms with Crippen molar-refractivity contribution in [2.24, 2.45) is 5.92 Å². The normalized spacial score (nSPS) is 23.7. The lowest BCUT2D eigenvalue weighted by molar-refractivity contribution is -0.121. The predicted molar refractivity (Wildman–Crippen MR) is 103 cm³/mol. The zero-order valence-electron chi connectivity index (χ0n) is 14.7. The molecule has 1 saturated heterocycles. The lowest BCUT2D eigenvalue weighted by Gasteiger charge is -2.28. The van der Waals surface area contributed by atoms with E-state index in [4.69, 9.17) is 0 Å². The van der Waals surface area contributed by atoms with Crippen LogP contribution in [0.1, 0.15) is 5.56 Å². The van der Waals surface area contributed by atoms with E-state index >= 15 is 0 Å². The summed E-state index contributed by atoms with van der Waals surface area (Å²) in [5.74, 6) is -0.139. The van der Waals surface area contributed by atoms with Gasteiger partial charge in [-0.05, 0) is 29.3 Å². The molecule has 1 fully saturated rings. The van der Waals surface area contributed by atoms with Crippen molar-refractivity contribution in [3.05, 3.63) is 66.5 Å². The van der Waals surface area contributed by atoms with Crippen LogP contribution in [0.4, 0.5) is 11.4 Å². The van der Waals surface area contributed by atoms with E-state index in [0.717, 1.165) is 28.1 Å². The number of carbonyl (C=O) groups excluding carboxylic acids is 1. The number of hydrogen-bond donors (Lipinski definition) is 3. The third kappa shape index (κ3) is 2.37. The predicted octanol–water partition coefficient (Wildman–Crippen LogP) is 2.44.